The number of hydrogen-bond acceptors (Lipinski definition) is 6. The van der Waals surface area contributed by atoms with Crippen LogP contribution in [0.4, 0.5) is 26.3 Å². The third-order valence-electron chi connectivity index (χ3n) is 5.20. The molecule has 1 aromatic carbocycles. The van der Waals surface area contributed by atoms with E-state index in [4.69, 9.17) is 0 Å². The Morgan fingerprint density at radius 2 is 1.62 bits per heavy atom. The highest BCUT2D eigenvalue weighted by Crippen LogP contribution is 2.31. The first-order valence-corrected chi connectivity index (χ1v) is 12.9. The van der Waals surface area contributed by atoms with E-state index in [0.717, 1.165) is 30.5 Å². The fraction of sp³-hybridized carbons (Fsp3) is 0.190. The SMILES string of the molecule is CCS(=O)(=O)c1cc(-c2ccc(S(=O)C(F)(F)F)cc2)cnc1-n1nc2ccc(C(F)(F)F)cn2c1=O. The van der Waals surface area contributed by atoms with Gasteiger partial charge in [0.15, 0.2) is 32.1 Å². The Hall–Kier alpha value is -3.53. The van der Waals surface area contributed by atoms with Crippen molar-refractivity contribution in [1.29, 1.82) is 0 Å². The van der Waals surface area contributed by atoms with Gasteiger partial charge in [0.1, 0.15) is 4.90 Å². The first-order chi connectivity index (χ1) is 17.1. The minimum atomic E-state index is -4.96. The molecule has 16 heteroatoms. The lowest BCUT2D eigenvalue weighted by molar-refractivity contribution is -0.137. The van der Waals surface area contributed by atoms with Crippen LogP contribution in [0.2, 0.25) is 0 Å². The Bertz CT molecular complexity index is 1690. The maximum absolute atomic E-state index is 13.1. The lowest BCUT2D eigenvalue weighted by atomic mass is 10.1. The molecule has 1 unspecified atom stereocenters. The van der Waals surface area contributed by atoms with Crippen molar-refractivity contribution >= 4 is 26.3 Å². The molecule has 3 aromatic heterocycles. The van der Waals surface area contributed by atoms with Gasteiger partial charge < -0.3 is 0 Å². The van der Waals surface area contributed by atoms with Crippen molar-refractivity contribution in [3.05, 3.63) is 70.9 Å². The molecule has 0 fully saturated rings. The number of sulfone groups is 1. The van der Waals surface area contributed by atoms with E-state index in [0.29, 0.717) is 21.3 Å². The zero-order chi connectivity index (χ0) is 27.3. The van der Waals surface area contributed by atoms with E-state index in [-0.39, 0.29) is 16.8 Å². The summed E-state index contributed by atoms with van der Waals surface area (Å²) in [5, 5.41) is 3.90. The molecule has 4 aromatic rings. The summed E-state index contributed by atoms with van der Waals surface area (Å²) in [6.45, 7) is 1.31. The van der Waals surface area contributed by atoms with Crippen molar-refractivity contribution in [2.75, 3.05) is 5.75 Å². The van der Waals surface area contributed by atoms with Crippen LogP contribution in [-0.4, -0.2) is 43.1 Å². The Balaban J connectivity index is 1.86. The van der Waals surface area contributed by atoms with Crippen LogP contribution in [-0.2, 0) is 26.8 Å². The number of alkyl halides is 6. The van der Waals surface area contributed by atoms with Gasteiger partial charge in [0.2, 0.25) is 0 Å². The number of halogens is 6. The number of aromatic nitrogens is 4. The van der Waals surface area contributed by atoms with Crippen molar-refractivity contribution in [3.63, 3.8) is 0 Å². The fourth-order valence-electron chi connectivity index (χ4n) is 3.32. The van der Waals surface area contributed by atoms with Gasteiger partial charge in [-0.25, -0.2) is 26.8 Å². The molecule has 0 aliphatic heterocycles. The van der Waals surface area contributed by atoms with Crippen molar-refractivity contribution in [2.45, 2.75) is 28.4 Å². The molecule has 1 atom stereocenters. The highest BCUT2D eigenvalue weighted by atomic mass is 32.2. The van der Waals surface area contributed by atoms with Crippen LogP contribution in [0.5, 0.6) is 0 Å². The van der Waals surface area contributed by atoms with E-state index < -0.39 is 64.9 Å². The van der Waals surface area contributed by atoms with Crippen molar-refractivity contribution in [2.24, 2.45) is 0 Å². The van der Waals surface area contributed by atoms with Crippen LogP contribution in [0.25, 0.3) is 22.6 Å². The summed E-state index contributed by atoms with van der Waals surface area (Å²) in [5.74, 6) is -0.905. The molecule has 0 bridgehead atoms. The predicted octanol–water partition coefficient (Wildman–Crippen LogP) is 3.99. The smallest absolute Gasteiger partial charge is 0.249 e. The van der Waals surface area contributed by atoms with Gasteiger partial charge in [0.05, 0.1) is 11.3 Å². The van der Waals surface area contributed by atoms with E-state index in [1.807, 2.05) is 0 Å². The van der Waals surface area contributed by atoms with Gasteiger partial charge in [-0.15, -0.1) is 5.10 Å². The molecular weight excluding hydrogens is 550 g/mol. The fourth-order valence-corrected chi connectivity index (χ4v) is 5.01. The highest BCUT2D eigenvalue weighted by molar-refractivity contribution is 7.91. The van der Waals surface area contributed by atoms with Crippen LogP contribution >= 0.6 is 0 Å². The largest absolute Gasteiger partial charge is 0.475 e. The van der Waals surface area contributed by atoms with Gasteiger partial charge in [0, 0.05) is 22.9 Å². The zero-order valence-corrected chi connectivity index (χ0v) is 20.0. The number of pyridine rings is 2. The summed E-state index contributed by atoms with van der Waals surface area (Å²) in [6.07, 6.45) is -3.10. The second kappa shape index (κ2) is 9.09. The zero-order valence-electron chi connectivity index (χ0n) is 18.4. The summed E-state index contributed by atoms with van der Waals surface area (Å²) in [7, 11) is -7.35. The van der Waals surface area contributed by atoms with Gasteiger partial charge in [-0.05, 0) is 35.9 Å². The Labute approximate surface area is 206 Å². The molecule has 0 saturated heterocycles. The third kappa shape index (κ3) is 5.02. The van der Waals surface area contributed by atoms with Crippen LogP contribution in [0.1, 0.15) is 12.5 Å². The molecule has 8 nitrogen and oxygen atoms in total. The lowest BCUT2D eigenvalue weighted by Crippen LogP contribution is -2.23. The highest BCUT2D eigenvalue weighted by Gasteiger charge is 2.38. The average molecular weight is 564 g/mol. The molecule has 0 aliphatic rings. The average Bonchev–Trinajstić information content (AvgIpc) is 3.18. The number of rotatable bonds is 5. The van der Waals surface area contributed by atoms with E-state index in [1.165, 1.54) is 19.1 Å². The van der Waals surface area contributed by atoms with E-state index >= 15 is 0 Å². The van der Waals surface area contributed by atoms with Gasteiger partial charge in [0.25, 0.3) is 0 Å². The van der Waals surface area contributed by atoms with Crippen LogP contribution in [0, 0.1) is 0 Å². The topological polar surface area (TPSA) is 103 Å². The van der Waals surface area contributed by atoms with Crippen LogP contribution in [0.3, 0.4) is 0 Å². The number of hydrogen-bond donors (Lipinski definition) is 0. The van der Waals surface area contributed by atoms with E-state index in [2.05, 4.69) is 10.1 Å². The first kappa shape index (κ1) is 26.5. The molecule has 0 aliphatic carbocycles. The molecule has 0 amide bonds. The van der Waals surface area contributed by atoms with Crippen molar-refractivity contribution in [3.8, 4) is 16.9 Å². The normalized spacial score (nSPS) is 13.7. The van der Waals surface area contributed by atoms with Crippen LogP contribution in [0.15, 0.2) is 69.4 Å². The van der Waals surface area contributed by atoms with E-state index in [1.54, 1.807) is 0 Å². The quantitative estimate of drug-likeness (QED) is 0.340. The first-order valence-electron chi connectivity index (χ1n) is 10.1. The molecule has 3 heterocycles. The molecule has 0 spiro atoms. The number of benzene rings is 1. The summed E-state index contributed by atoms with van der Waals surface area (Å²) >= 11 is 0. The standard InChI is InChI=1S/C21H14F6N4O4S2/c1-2-37(34,35)16-9-13(12-3-6-15(7-4-12)36(33)21(25,26)27)10-28-18(16)31-19(32)30-11-14(20(22,23)24)5-8-17(30)29-31/h3-11H,2H2,1H3. The van der Waals surface area contributed by atoms with Gasteiger partial charge >= 0.3 is 17.4 Å². The van der Waals surface area contributed by atoms with Gasteiger partial charge in [-0.2, -0.15) is 31.0 Å². The summed E-state index contributed by atoms with van der Waals surface area (Å²) < 4.78 is 116. The van der Waals surface area contributed by atoms with E-state index in [9.17, 15) is 43.8 Å². The number of fused-ring (bicyclic) bond motifs is 1. The number of nitrogens with zero attached hydrogens (tertiary/aromatic N) is 4. The molecule has 196 valence electrons. The Kier molecular flexibility index (Phi) is 6.52. The molecule has 37 heavy (non-hydrogen) atoms. The minimum absolute atomic E-state index is 0.135. The maximum atomic E-state index is 13.1. The summed E-state index contributed by atoms with van der Waals surface area (Å²) in [5.41, 5.74) is -7.02. The molecule has 0 saturated carbocycles. The molecule has 0 N–H and O–H groups in total. The predicted molar refractivity (Wildman–Crippen MR) is 119 cm³/mol. The monoisotopic (exact) mass is 564 g/mol. The second-order valence-electron chi connectivity index (χ2n) is 7.53. The Morgan fingerprint density at radius 3 is 2.19 bits per heavy atom. The summed E-state index contributed by atoms with van der Waals surface area (Å²) in [4.78, 5) is 15.9. The Morgan fingerprint density at radius 1 is 0.973 bits per heavy atom. The minimum Gasteiger partial charge on any atom is -0.249 e. The third-order valence-corrected chi connectivity index (χ3v) is 8.06. The van der Waals surface area contributed by atoms with Gasteiger partial charge in [-0.3, -0.25) is 0 Å². The summed E-state index contributed by atoms with van der Waals surface area (Å²) in [6, 6.07) is 7.07. The molecule has 0 radical (unpaired) electrons. The van der Waals surface area contributed by atoms with Gasteiger partial charge in [-0.1, -0.05) is 19.1 Å². The molecule has 4 rings (SSSR count). The maximum Gasteiger partial charge on any atom is 0.475 e. The van der Waals surface area contributed by atoms with Crippen LogP contribution < -0.4 is 5.69 Å². The second-order valence-corrected chi connectivity index (χ2v) is 11.2. The van der Waals surface area contributed by atoms with Crippen molar-refractivity contribution in [1.82, 2.24) is 19.2 Å². The lowest BCUT2D eigenvalue weighted by Gasteiger charge is -2.11. The molecular formula is C21H14F6N4O4S2. The van der Waals surface area contributed by atoms with Crippen molar-refractivity contribution < 1.29 is 39.0 Å².